The molecule has 1 saturated carbocycles. The lowest BCUT2D eigenvalue weighted by atomic mass is 9.93. The van der Waals surface area contributed by atoms with E-state index in [1.807, 2.05) is 11.3 Å². The van der Waals surface area contributed by atoms with E-state index >= 15 is 0 Å². The fourth-order valence-electron chi connectivity index (χ4n) is 3.05. The van der Waals surface area contributed by atoms with Gasteiger partial charge in [0.15, 0.2) is 0 Å². The maximum Gasteiger partial charge on any atom is 0.107 e. The predicted molar refractivity (Wildman–Crippen MR) is 89.9 cm³/mol. The third kappa shape index (κ3) is 4.27. The molecule has 0 spiro atoms. The molecule has 2 heterocycles. The Morgan fingerprint density at radius 3 is 2.67 bits per heavy atom. The van der Waals surface area contributed by atoms with Crippen LogP contribution in [-0.2, 0) is 12.0 Å². The zero-order valence-corrected chi connectivity index (χ0v) is 14.5. The molecule has 3 rings (SSSR count). The van der Waals surface area contributed by atoms with Crippen LogP contribution >= 0.6 is 11.3 Å². The van der Waals surface area contributed by atoms with E-state index in [0.29, 0.717) is 6.04 Å². The molecule has 1 saturated heterocycles. The molecule has 1 aliphatic heterocycles. The number of rotatable bonds is 5. The Morgan fingerprint density at radius 2 is 2.10 bits per heavy atom. The second kappa shape index (κ2) is 6.35. The highest BCUT2D eigenvalue weighted by molar-refractivity contribution is 7.09. The van der Waals surface area contributed by atoms with E-state index < -0.39 is 0 Å². The largest absolute Gasteiger partial charge is 0.313 e. The molecule has 1 aromatic heterocycles. The molecular weight excluding hydrogens is 278 g/mol. The zero-order valence-electron chi connectivity index (χ0n) is 13.7. The van der Waals surface area contributed by atoms with Gasteiger partial charge in [0.25, 0.3) is 0 Å². The highest BCUT2D eigenvalue weighted by atomic mass is 32.1. The predicted octanol–water partition coefficient (Wildman–Crippen LogP) is 3.55. The maximum atomic E-state index is 4.88. The molecule has 0 aromatic carbocycles. The summed E-state index contributed by atoms with van der Waals surface area (Å²) in [7, 11) is 0. The molecule has 3 nitrogen and oxygen atoms in total. The summed E-state index contributed by atoms with van der Waals surface area (Å²) < 4.78 is 0. The highest BCUT2D eigenvalue weighted by Gasteiger charge is 2.31. The van der Waals surface area contributed by atoms with E-state index in [1.165, 1.54) is 55.9 Å². The molecule has 2 aliphatic rings. The van der Waals surface area contributed by atoms with E-state index in [9.17, 15) is 0 Å². The Kier molecular flexibility index (Phi) is 4.67. The van der Waals surface area contributed by atoms with Crippen molar-refractivity contribution in [1.29, 1.82) is 0 Å². The fraction of sp³-hybridized carbons (Fsp3) is 0.824. The van der Waals surface area contributed by atoms with Crippen molar-refractivity contribution in [2.24, 2.45) is 0 Å². The van der Waals surface area contributed by atoms with Crippen LogP contribution in [0.2, 0.25) is 0 Å². The molecule has 2 fully saturated rings. The van der Waals surface area contributed by atoms with Crippen LogP contribution in [-0.4, -0.2) is 35.1 Å². The minimum absolute atomic E-state index is 0.171. The molecule has 0 bridgehead atoms. The second-order valence-corrected chi connectivity index (χ2v) is 8.63. The summed E-state index contributed by atoms with van der Waals surface area (Å²) in [4.78, 5) is 7.56. The second-order valence-electron chi connectivity index (χ2n) is 7.68. The summed E-state index contributed by atoms with van der Waals surface area (Å²) in [6, 6.07) is 1.51. The first kappa shape index (κ1) is 15.4. The molecular formula is C17H29N3S. The van der Waals surface area contributed by atoms with Gasteiger partial charge in [-0.1, -0.05) is 27.2 Å². The van der Waals surface area contributed by atoms with E-state index in [0.717, 1.165) is 12.6 Å². The van der Waals surface area contributed by atoms with E-state index in [1.54, 1.807) is 0 Å². The molecule has 1 unspecified atom stereocenters. The van der Waals surface area contributed by atoms with E-state index in [-0.39, 0.29) is 5.41 Å². The van der Waals surface area contributed by atoms with Crippen LogP contribution in [0.5, 0.6) is 0 Å². The van der Waals surface area contributed by atoms with Crippen LogP contribution in [0.1, 0.15) is 63.6 Å². The Bertz CT molecular complexity index is 453. The Labute approximate surface area is 133 Å². The van der Waals surface area contributed by atoms with Crippen LogP contribution < -0.4 is 5.32 Å². The fourth-order valence-corrected chi connectivity index (χ4v) is 4.09. The van der Waals surface area contributed by atoms with Crippen LogP contribution in [0, 0.1) is 0 Å². The quantitative estimate of drug-likeness (QED) is 0.902. The van der Waals surface area contributed by atoms with Gasteiger partial charge in [0, 0.05) is 29.4 Å². The van der Waals surface area contributed by atoms with Crippen LogP contribution in [0.3, 0.4) is 0 Å². The van der Waals surface area contributed by atoms with Gasteiger partial charge in [-0.15, -0.1) is 11.3 Å². The number of hydrogen-bond acceptors (Lipinski definition) is 4. The van der Waals surface area contributed by atoms with Crippen molar-refractivity contribution in [1.82, 2.24) is 15.2 Å². The third-order valence-electron chi connectivity index (χ3n) is 4.59. The van der Waals surface area contributed by atoms with Crippen molar-refractivity contribution >= 4 is 11.3 Å². The van der Waals surface area contributed by atoms with Crippen molar-refractivity contribution in [2.45, 2.75) is 76.9 Å². The normalized spacial score (nSPS) is 23.7. The van der Waals surface area contributed by atoms with Crippen molar-refractivity contribution in [2.75, 3.05) is 13.1 Å². The molecule has 1 atom stereocenters. The summed E-state index contributed by atoms with van der Waals surface area (Å²) >= 11 is 1.84. The molecule has 4 heteroatoms. The van der Waals surface area contributed by atoms with Gasteiger partial charge in [0.1, 0.15) is 5.01 Å². The van der Waals surface area contributed by atoms with Gasteiger partial charge in [-0.05, 0) is 32.2 Å². The smallest absolute Gasteiger partial charge is 0.107 e. The van der Waals surface area contributed by atoms with Gasteiger partial charge in [0.05, 0.1) is 12.2 Å². The minimum Gasteiger partial charge on any atom is -0.313 e. The summed E-state index contributed by atoms with van der Waals surface area (Å²) in [5, 5.41) is 7.23. The van der Waals surface area contributed by atoms with Crippen LogP contribution in [0.4, 0.5) is 0 Å². The number of thiazole rings is 1. The Morgan fingerprint density at radius 1 is 1.29 bits per heavy atom. The number of hydrogen-bond donors (Lipinski definition) is 1. The molecule has 118 valence electrons. The summed E-state index contributed by atoms with van der Waals surface area (Å²) in [5.41, 5.74) is 1.42. The summed E-state index contributed by atoms with van der Waals surface area (Å²) in [5.74, 6) is 0. The Balaban J connectivity index is 1.61. The van der Waals surface area contributed by atoms with Gasteiger partial charge in [-0.25, -0.2) is 4.98 Å². The average molecular weight is 308 g/mol. The highest BCUT2D eigenvalue weighted by Crippen LogP contribution is 2.31. The summed E-state index contributed by atoms with van der Waals surface area (Å²) in [6.07, 6.45) is 6.84. The first-order chi connectivity index (χ1) is 10.0. The van der Waals surface area contributed by atoms with Gasteiger partial charge >= 0.3 is 0 Å². The van der Waals surface area contributed by atoms with Gasteiger partial charge in [-0.3, -0.25) is 4.90 Å². The van der Waals surface area contributed by atoms with Crippen molar-refractivity contribution < 1.29 is 0 Å². The minimum atomic E-state index is 0.171. The number of nitrogens with zero attached hydrogens (tertiary/aromatic N) is 2. The summed E-state index contributed by atoms with van der Waals surface area (Å²) in [6.45, 7) is 10.2. The SMILES string of the molecule is CC(C)(C)c1csc(CN(CC2CCCCN2)C2CC2)n1. The molecule has 1 aliphatic carbocycles. The lowest BCUT2D eigenvalue weighted by molar-refractivity contribution is 0.208. The molecule has 0 amide bonds. The zero-order chi connectivity index (χ0) is 14.9. The first-order valence-electron chi connectivity index (χ1n) is 8.45. The monoisotopic (exact) mass is 307 g/mol. The molecule has 1 N–H and O–H groups in total. The number of nitrogens with one attached hydrogen (secondary N) is 1. The molecule has 21 heavy (non-hydrogen) atoms. The number of piperidine rings is 1. The third-order valence-corrected chi connectivity index (χ3v) is 5.42. The van der Waals surface area contributed by atoms with Gasteiger partial charge in [0.2, 0.25) is 0 Å². The van der Waals surface area contributed by atoms with Gasteiger partial charge in [-0.2, -0.15) is 0 Å². The maximum absolute atomic E-state index is 4.88. The standard InChI is InChI=1S/C17H29N3S/c1-17(2,3)15-12-21-16(19-15)11-20(14-7-8-14)10-13-6-4-5-9-18-13/h12-14,18H,4-11H2,1-3H3. The van der Waals surface area contributed by atoms with Crippen molar-refractivity contribution in [3.63, 3.8) is 0 Å². The topological polar surface area (TPSA) is 28.2 Å². The lowest BCUT2D eigenvalue weighted by Crippen LogP contribution is -2.44. The van der Waals surface area contributed by atoms with Crippen LogP contribution in [0.15, 0.2) is 5.38 Å². The average Bonchev–Trinajstić information content (AvgIpc) is 3.17. The molecule has 0 radical (unpaired) electrons. The number of aromatic nitrogens is 1. The first-order valence-corrected chi connectivity index (χ1v) is 9.32. The lowest BCUT2D eigenvalue weighted by Gasteiger charge is -2.30. The van der Waals surface area contributed by atoms with Crippen LogP contribution in [0.25, 0.3) is 0 Å². The van der Waals surface area contributed by atoms with Crippen molar-refractivity contribution in [3.8, 4) is 0 Å². The molecule has 1 aromatic rings. The van der Waals surface area contributed by atoms with Gasteiger partial charge < -0.3 is 5.32 Å². The van der Waals surface area contributed by atoms with E-state index in [2.05, 4.69) is 36.4 Å². The van der Waals surface area contributed by atoms with Crippen molar-refractivity contribution in [3.05, 3.63) is 16.1 Å². The van der Waals surface area contributed by atoms with E-state index in [4.69, 9.17) is 4.98 Å². The Hall–Kier alpha value is -0.450.